The molecule has 0 N–H and O–H groups in total. The van der Waals surface area contributed by atoms with E-state index in [1.807, 2.05) is 6.07 Å². The van der Waals surface area contributed by atoms with Crippen molar-refractivity contribution in [3.63, 3.8) is 0 Å². The van der Waals surface area contributed by atoms with Gasteiger partial charge in [0.05, 0.1) is 4.92 Å². The fourth-order valence-electron chi connectivity index (χ4n) is 2.31. The summed E-state index contributed by atoms with van der Waals surface area (Å²) in [5, 5.41) is 20.1. The lowest BCUT2D eigenvalue weighted by Crippen LogP contribution is -2.28. The van der Waals surface area contributed by atoms with Crippen LogP contribution in [0.25, 0.3) is 6.08 Å². The number of nitro benzene ring substituents is 1. The summed E-state index contributed by atoms with van der Waals surface area (Å²) in [6.45, 7) is 2.96. The maximum absolute atomic E-state index is 12.2. The van der Waals surface area contributed by atoms with E-state index in [-0.39, 0.29) is 17.2 Å². The second kappa shape index (κ2) is 6.18. The van der Waals surface area contributed by atoms with E-state index in [9.17, 15) is 14.9 Å². The summed E-state index contributed by atoms with van der Waals surface area (Å²) in [4.78, 5) is 24.3. The molecule has 6 nitrogen and oxygen atoms in total. The van der Waals surface area contributed by atoms with Gasteiger partial charge in [0, 0.05) is 24.7 Å². The van der Waals surface area contributed by atoms with Crippen LogP contribution in [0.5, 0.6) is 0 Å². The molecule has 0 saturated carbocycles. The molecular formula is C15H15N3O3. The van der Waals surface area contributed by atoms with Crippen molar-refractivity contribution >= 4 is 17.7 Å². The standard InChI is InChI=1S/C15H15N3O3/c1-11-4-5-12(9-14(11)18(20)21)8-13(10-16)15(19)17-6-2-3-7-17/h4-5,8-9H,2-3,6-7H2,1H3/b13-8+. The van der Waals surface area contributed by atoms with Gasteiger partial charge in [0.2, 0.25) is 0 Å². The Morgan fingerprint density at radius 3 is 2.67 bits per heavy atom. The van der Waals surface area contributed by atoms with Crippen LogP contribution in [-0.2, 0) is 4.79 Å². The Hall–Kier alpha value is -2.68. The summed E-state index contributed by atoms with van der Waals surface area (Å²) < 4.78 is 0. The minimum absolute atomic E-state index is 0.00931. The van der Waals surface area contributed by atoms with Crippen LogP contribution in [0.15, 0.2) is 23.8 Å². The van der Waals surface area contributed by atoms with E-state index < -0.39 is 4.92 Å². The molecule has 1 heterocycles. The molecule has 0 unspecified atom stereocenters. The number of nitrogens with zero attached hydrogens (tertiary/aromatic N) is 3. The van der Waals surface area contributed by atoms with Crippen LogP contribution in [0.1, 0.15) is 24.0 Å². The number of aryl methyl sites for hydroxylation is 1. The first-order valence-corrected chi connectivity index (χ1v) is 6.69. The van der Waals surface area contributed by atoms with Gasteiger partial charge in [-0.3, -0.25) is 14.9 Å². The topological polar surface area (TPSA) is 87.2 Å². The molecule has 21 heavy (non-hydrogen) atoms. The first-order valence-electron chi connectivity index (χ1n) is 6.69. The summed E-state index contributed by atoms with van der Waals surface area (Å²) in [6.07, 6.45) is 3.30. The van der Waals surface area contributed by atoms with Gasteiger partial charge in [-0.25, -0.2) is 0 Å². The largest absolute Gasteiger partial charge is 0.338 e. The van der Waals surface area contributed by atoms with Crippen LogP contribution in [-0.4, -0.2) is 28.8 Å². The Kier molecular flexibility index (Phi) is 4.33. The van der Waals surface area contributed by atoms with E-state index in [0.29, 0.717) is 24.2 Å². The molecule has 1 aliphatic heterocycles. The van der Waals surface area contributed by atoms with Gasteiger partial charge >= 0.3 is 0 Å². The number of likely N-dealkylation sites (tertiary alicyclic amines) is 1. The zero-order valence-corrected chi connectivity index (χ0v) is 11.7. The fourth-order valence-corrected chi connectivity index (χ4v) is 2.31. The average Bonchev–Trinajstić information content (AvgIpc) is 2.99. The summed E-state index contributed by atoms with van der Waals surface area (Å²) in [5.74, 6) is -0.307. The highest BCUT2D eigenvalue weighted by Crippen LogP contribution is 2.21. The van der Waals surface area contributed by atoms with E-state index in [0.717, 1.165) is 12.8 Å². The number of amides is 1. The average molecular weight is 285 g/mol. The molecule has 0 spiro atoms. The van der Waals surface area contributed by atoms with Crippen molar-refractivity contribution in [3.8, 4) is 6.07 Å². The number of carbonyl (C=O) groups excluding carboxylic acids is 1. The predicted octanol–water partition coefficient (Wildman–Crippen LogP) is 2.43. The molecule has 1 aliphatic rings. The third-order valence-corrected chi connectivity index (χ3v) is 3.49. The van der Waals surface area contributed by atoms with E-state index in [1.165, 1.54) is 12.1 Å². The van der Waals surface area contributed by atoms with Gasteiger partial charge in [-0.05, 0) is 31.4 Å². The number of carbonyl (C=O) groups is 1. The number of nitro groups is 1. The van der Waals surface area contributed by atoms with Gasteiger partial charge < -0.3 is 4.90 Å². The highest BCUT2D eigenvalue weighted by atomic mass is 16.6. The first-order chi connectivity index (χ1) is 10.0. The van der Waals surface area contributed by atoms with Crippen LogP contribution in [0, 0.1) is 28.4 Å². The maximum Gasteiger partial charge on any atom is 0.272 e. The Morgan fingerprint density at radius 2 is 2.10 bits per heavy atom. The third kappa shape index (κ3) is 3.26. The van der Waals surface area contributed by atoms with Gasteiger partial charge in [-0.15, -0.1) is 0 Å². The zero-order chi connectivity index (χ0) is 15.4. The normalized spacial score (nSPS) is 14.9. The molecular weight excluding hydrogens is 270 g/mol. The molecule has 0 bridgehead atoms. The van der Waals surface area contributed by atoms with Crippen molar-refractivity contribution in [3.05, 3.63) is 45.0 Å². The number of rotatable bonds is 3. The van der Waals surface area contributed by atoms with Crippen LogP contribution in [0.3, 0.4) is 0 Å². The molecule has 2 rings (SSSR count). The number of hydrogen-bond donors (Lipinski definition) is 0. The summed E-state index contributed by atoms with van der Waals surface area (Å²) in [7, 11) is 0. The van der Waals surface area contributed by atoms with Gasteiger partial charge in [-0.1, -0.05) is 12.1 Å². The number of nitriles is 1. The molecule has 1 aromatic rings. The van der Waals surface area contributed by atoms with E-state index in [1.54, 1.807) is 24.0 Å². The van der Waals surface area contributed by atoms with Gasteiger partial charge in [0.1, 0.15) is 11.6 Å². The minimum atomic E-state index is -0.471. The molecule has 1 amide bonds. The molecule has 1 saturated heterocycles. The van der Waals surface area contributed by atoms with Crippen LogP contribution in [0.4, 0.5) is 5.69 Å². The van der Waals surface area contributed by atoms with Gasteiger partial charge in [0.15, 0.2) is 0 Å². The highest BCUT2D eigenvalue weighted by Gasteiger charge is 2.21. The van der Waals surface area contributed by atoms with Crippen LogP contribution < -0.4 is 0 Å². The maximum atomic E-state index is 12.2. The highest BCUT2D eigenvalue weighted by molar-refractivity contribution is 6.01. The fraction of sp³-hybridized carbons (Fsp3) is 0.333. The van der Waals surface area contributed by atoms with E-state index in [4.69, 9.17) is 5.26 Å². The SMILES string of the molecule is Cc1ccc(/C=C(\C#N)C(=O)N2CCCC2)cc1[N+](=O)[O-]. The molecule has 1 aromatic carbocycles. The summed E-state index contributed by atoms with van der Waals surface area (Å²) in [6, 6.07) is 6.54. The lowest BCUT2D eigenvalue weighted by atomic mass is 10.1. The van der Waals surface area contributed by atoms with Crippen molar-refractivity contribution < 1.29 is 9.72 Å². The number of hydrogen-bond acceptors (Lipinski definition) is 4. The molecule has 0 aromatic heterocycles. The molecule has 6 heteroatoms. The Morgan fingerprint density at radius 1 is 1.43 bits per heavy atom. The minimum Gasteiger partial charge on any atom is -0.338 e. The lowest BCUT2D eigenvalue weighted by Gasteiger charge is -2.14. The Labute approximate surface area is 122 Å². The van der Waals surface area contributed by atoms with Crippen LogP contribution in [0.2, 0.25) is 0 Å². The predicted molar refractivity (Wildman–Crippen MR) is 77.2 cm³/mol. The molecule has 0 atom stereocenters. The smallest absolute Gasteiger partial charge is 0.272 e. The van der Waals surface area contributed by atoms with Gasteiger partial charge in [0.25, 0.3) is 11.6 Å². The monoisotopic (exact) mass is 285 g/mol. The van der Waals surface area contributed by atoms with Crippen molar-refractivity contribution in [2.75, 3.05) is 13.1 Å². The molecule has 1 fully saturated rings. The second-order valence-electron chi connectivity index (χ2n) is 4.97. The quantitative estimate of drug-likeness (QED) is 0.369. The first kappa shape index (κ1) is 14.7. The molecule has 0 radical (unpaired) electrons. The van der Waals surface area contributed by atoms with Crippen molar-refractivity contribution in [1.82, 2.24) is 4.90 Å². The van der Waals surface area contributed by atoms with Crippen molar-refractivity contribution in [1.29, 1.82) is 5.26 Å². The number of benzene rings is 1. The van der Waals surface area contributed by atoms with Crippen molar-refractivity contribution in [2.24, 2.45) is 0 Å². The zero-order valence-electron chi connectivity index (χ0n) is 11.7. The van der Waals surface area contributed by atoms with Gasteiger partial charge in [-0.2, -0.15) is 5.26 Å². The Balaban J connectivity index is 2.32. The lowest BCUT2D eigenvalue weighted by molar-refractivity contribution is -0.385. The van der Waals surface area contributed by atoms with Crippen molar-refractivity contribution in [2.45, 2.75) is 19.8 Å². The second-order valence-corrected chi connectivity index (χ2v) is 4.97. The van der Waals surface area contributed by atoms with Crippen LogP contribution >= 0.6 is 0 Å². The Bertz CT molecular complexity index is 653. The molecule has 108 valence electrons. The summed E-state index contributed by atoms with van der Waals surface area (Å²) >= 11 is 0. The van der Waals surface area contributed by atoms with E-state index >= 15 is 0 Å². The summed E-state index contributed by atoms with van der Waals surface area (Å²) in [5.41, 5.74) is 1.02. The molecule has 0 aliphatic carbocycles. The third-order valence-electron chi connectivity index (χ3n) is 3.49. The van der Waals surface area contributed by atoms with E-state index in [2.05, 4.69) is 0 Å².